The van der Waals surface area contributed by atoms with Gasteiger partial charge in [-0.15, -0.1) is 0 Å². The van der Waals surface area contributed by atoms with E-state index in [0.717, 1.165) is 35.3 Å². The highest BCUT2D eigenvalue weighted by Gasteiger charge is 2.20. The van der Waals surface area contributed by atoms with Gasteiger partial charge >= 0.3 is 0 Å². The van der Waals surface area contributed by atoms with E-state index >= 15 is 0 Å². The third kappa shape index (κ3) is 2.87. The number of fused-ring (bicyclic) bond motifs is 1. The third-order valence-corrected chi connectivity index (χ3v) is 3.71. The largest absolute Gasteiger partial charge is 0.489 e. The van der Waals surface area contributed by atoms with Gasteiger partial charge in [-0.3, -0.25) is 10.1 Å². The van der Waals surface area contributed by atoms with Crippen LogP contribution in [0.3, 0.4) is 0 Å². The highest BCUT2D eigenvalue weighted by atomic mass is 16.6. The minimum Gasteiger partial charge on any atom is -0.489 e. The maximum atomic E-state index is 10.6. The lowest BCUT2D eigenvalue weighted by molar-refractivity contribution is -0.384. The normalized spacial score (nSPS) is 16.5. The first-order valence-electron chi connectivity index (χ1n) is 6.80. The Bertz CT molecular complexity index is 666. The average molecular weight is 285 g/mol. The second-order valence-electron chi connectivity index (χ2n) is 5.13. The molecule has 2 aromatic carbocycles. The van der Waals surface area contributed by atoms with Crippen molar-refractivity contribution in [2.24, 2.45) is 0 Å². The number of rotatable bonds is 4. The van der Waals surface area contributed by atoms with E-state index in [1.54, 1.807) is 12.1 Å². The van der Waals surface area contributed by atoms with Crippen LogP contribution in [-0.4, -0.2) is 10.0 Å². The summed E-state index contributed by atoms with van der Waals surface area (Å²) in [5.41, 5.74) is 3.06. The number of benzene rings is 2. The predicted octanol–water partition coefficient (Wildman–Crippen LogP) is 3.15. The first kappa shape index (κ1) is 13.6. The van der Waals surface area contributed by atoms with Crippen LogP contribution in [0.15, 0.2) is 42.5 Å². The predicted molar refractivity (Wildman–Crippen MR) is 77.2 cm³/mol. The van der Waals surface area contributed by atoms with Crippen LogP contribution in [0.25, 0.3) is 0 Å². The van der Waals surface area contributed by atoms with Gasteiger partial charge < -0.3 is 9.84 Å². The zero-order valence-electron chi connectivity index (χ0n) is 11.4. The van der Waals surface area contributed by atoms with Crippen LogP contribution in [0.2, 0.25) is 0 Å². The van der Waals surface area contributed by atoms with Crippen molar-refractivity contribution in [1.82, 2.24) is 0 Å². The Balaban J connectivity index is 1.66. The molecule has 0 saturated heterocycles. The number of non-ortho nitro benzene ring substituents is 1. The van der Waals surface area contributed by atoms with Gasteiger partial charge in [0.05, 0.1) is 11.0 Å². The molecule has 5 heteroatoms. The number of hydrogen-bond acceptors (Lipinski definition) is 4. The van der Waals surface area contributed by atoms with Gasteiger partial charge in [-0.2, -0.15) is 0 Å². The summed E-state index contributed by atoms with van der Waals surface area (Å²) >= 11 is 0. The second-order valence-corrected chi connectivity index (χ2v) is 5.13. The lowest BCUT2D eigenvalue weighted by Crippen LogP contribution is -1.97. The molecule has 0 spiro atoms. The molecule has 2 aromatic rings. The van der Waals surface area contributed by atoms with Gasteiger partial charge in [0.2, 0.25) is 0 Å². The molecule has 1 atom stereocenters. The van der Waals surface area contributed by atoms with Gasteiger partial charge in [0.15, 0.2) is 0 Å². The maximum Gasteiger partial charge on any atom is 0.269 e. The number of ether oxygens (including phenoxy) is 1. The van der Waals surface area contributed by atoms with Gasteiger partial charge in [0, 0.05) is 12.1 Å². The zero-order chi connectivity index (χ0) is 14.8. The molecule has 0 amide bonds. The molecule has 0 aromatic heterocycles. The Morgan fingerprint density at radius 1 is 1.24 bits per heavy atom. The highest BCUT2D eigenvalue weighted by molar-refractivity contribution is 5.40. The van der Waals surface area contributed by atoms with Crippen LogP contribution in [0.4, 0.5) is 5.69 Å². The first-order valence-corrected chi connectivity index (χ1v) is 6.80. The molecule has 0 heterocycles. The van der Waals surface area contributed by atoms with E-state index in [1.165, 1.54) is 12.1 Å². The van der Waals surface area contributed by atoms with Crippen molar-refractivity contribution in [2.75, 3.05) is 0 Å². The molecular formula is C16H15NO4. The summed E-state index contributed by atoms with van der Waals surface area (Å²) in [6.07, 6.45) is 1.27. The Hall–Kier alpha value is -2.40. The van der Waals surface area contributed by atoms with Crippen molar-refractivity contribution >= 4 is 5.69 Å². The van der Waals surface area contributed by atoms with E-state index in [2.05, 4.69) is 0 Å². The topological polar surface area (TPSA) is 72.6 Å². The summed E-state index contributed by atoms with van der Waals surface area (Å²) in [7, 11) is 0. The molecule has 0 aliphatic heterocycles. The SMILES string of the molecule is O=[N+]([O-])c1ccc(COc2ccc3c(c2)CC[C@@H]3O)cc1. The summed E-state index contributed by atoms with van der Waals surface area (Å²) in [5.74, 6) is 0.751. The summed E-state index contributed by atoms with van der Waals surface area (Å²) in [6, 6.07) is 12.0. The van der Waals surface area contributed by atoms with Gasteiger partial charge in [0.25, 0.3) is 5.69 Å². The van der Waals surface area contributed by atoms with Crippen molar-refractivity contribution in [3.05, 3.63) is 69.3 Å². The molecule has 0 fully saturated rings. The van der Waals surface area contributed by atoms with E-state index in [4.69, 9.17) is 4.74 Å². The number of nitro benzene ring substituents is 1. The lowest BCUT2D eigenvalue weighted by Gasteiger charge is -2.09. The molecule has 108 valence electrons. The smallest absolute Gasteiger partial charge is 0.269 e. The van der Waals surface area contributed by atoms with Gasteiger partial charge in [0.1, 0.15) is 12.4 Å². The van der Waals surface area contributed by atoms with Crippen molar-refractivity contribution in [3.8, 4) is 5.75 Å². The van der Waals surface area contributed by atoms with Crippen LogP contribution in [0.5, 0.6) is 5.75 Å². The second kappa shape index (κ2) is 5.54. The van der Waals surface area contributed by atoms with E-state index in [0.29, 0.717) is 6.61 Å². The summed E-state index contributed by atoms with van der Waals surface area (Å²) < 4.78 is 5.70. The Labute approximate surface area is 122 Å². The van der Waals surface area contributed by atoms with Crippen LogP contribution in [-0.2, 0) is 13.0 Å². The number of aliphatic hydroxyl groups is 1. The Morgan fingerprint density at radius 3 is 2.71 bits per heavy atom. The molecule has 1 aliphatic rings. The van der Waals surface area contributed by atoms with Crippen molar-refractivity contribution in [2.45, 2.75) is 25.6 Å². The standard InChI is InChI=1S/C16H15NO4/c18-16-8-3-12-9-14(6-7-15(12)16)21-10-11-1-4-13(5-2-11)17(19)20/h1-2,4-7,9,16,18H,3,8,10H2/t16-/m0/s1. The van der Waals surface area contributed by atoms with Crippen LogP contribution < -0.4 is 4.74 Å². The van der Waals surface area contributed by atoms with Crippen LogP contribution in [0.1, 0.15) is 29.2 Å². The van der Waals surface area contributed by atoms with Crippen molar-refractivity contribution in [3.63, 3.8) is 0 Å². The van der Waals surface area contributed by atoms with Crippen LogP contribution in [0, 0.1) is 10.1 Å². The van der Waals surface area contributed by atoms with Gasteiger partial charge in [-0.05, 0) is 53.8 Å². The van der Waals surface area contributed by atoms with E-state index in [-0.39, 0.29) is 11.8 Å². The summed E-state index contributed by atoms with van der Waals surface area (Å²) in [6.45, 7) is 0.360. The quantitative estimate of drug-likeness (QED) is 0.691. The number of hydrogen-bond donors (Lipinski definition) is 1. The third-order valence-electron chi connectivity index (χ3n) is 3.71. The fraction of sp³-hybridized carbons (Fsp3) is 0.250. The molecule has 3 rings (SSSR count). The minimum absolute atomic E-state index is 0.0743. The Morgan fingerprint density at radius 2 is 2.00 bits per heavy atom. The molecule has 21 heavy (non-hydrogen) atoms. The summed E-state index contributed by atoms with van der Waals surface area (Å²) in [5, 5.41) is 20.3. The van der Waals surface area contributed by atoms with E-state index in [9.17, 15) is 15.2 Å². The molecule has 1 N–H and O–H groups in total. The fourth-order valence-corrected chi connectivity index (χ4v) is 2.54. The molecule has 0 bridgehead atoms. The monoisotopic (exact) mass is 285 g/mol. The number of aliphatic hydroxyl groups excluding tert-OH is 1. The molecule has 0 radical (unpaired) electrons. The molecule has 1 aliphatic carbocycles. The summed E-state index contributed by atoms with van der Waals surface area (Å²) in [4.78, 5) is 10.2. The number of nitro groups is 1. The minimum atomic E-state index is -0.420. The zero-order valence-corrected chi connectivity index (χ0v) is 11.4. The van der Waals surface area contributed by atoms with Crippen molar-refractivity contribution in [1.29, 1.82) is 0 Å². The van der Waals surface area contributed by atoms with Gasteiger partial charge in [-0.1, -0.05) is 6.07 Å². The van der Waals surface area contributed by atoms with Gasteiger partial charge in [-0.25, -0.2) is 0 Å². The first-order chi connectivity index (χ1) is 10.1. The number of nitrogens with zero attached hydrogens (tertiary/aromatic N) is 1. The van der Waals surface area contributed by atoms with Crippen LogP contribution >= 0.6 is 0 Å². The Kier molecular flexibility index (Phi) is 3.58. The van der Waals surface area contributed by atoms with E-state index < -0.39 is 4.92 Å². The van der Waals surface area contributed by atoms with E-state index in [1.807, 2.05) is 18.2 Å². The molecule has 5 nitrogen and oxygen atoms in total. The fourth-order valence-electron chi connectivity index (χ4n) is 2.54. The van der Waals surface area contributed by atoms with Crippen molar-refractivity contribution < 1.29 is 14.8 Å². The average Bonchev–Trinajstić information content (AvgIpc) is 2.86. The molecule has 0 saturated carbocycles. The molecular weight excluding hydrogens is 270 g/mol. The molecule has 0 unspecified atom stereocenters. The maximum absolute atomic E-state index is 10.6. The highest BCUT2D eigenvalue weighted by Crippen LogP contribution is 2.33. The number of aryl methyl sites for hydroxylation is 1. The lowest BCUT2D eigenvalue weighted by atomic mass is 10.1.